The molecule has 3 nitrogen and oxygen atoms in total. The van der Waals surface area contributed by atoms with Gasteiger partial charge >= 0.3 is 6.03 Å². The van der Waals surface area contributed by atoms with Gasteiger partial charge < -0.3 is 10.2 Å². The van der Waals surface area contributed by atoms with Crippen LogP contribution in [0.3, 0.4) is 0 Å². The molecule has 0 spiro atoms. The SMILES string of the molecule is CC1c2ccccc2CCN1C(=O)NC(C)(C)C. The van der Waals surface area contributed by atoms with E-state index in [1.165, 1.54) is 11.1 Å². The molecule has 98 valence electrons. The molecule has 0 fully saturated rings. The molecular formula is C15H22N2O. The lowest BCUT2D eigenvalue weighted by Crippen LogP contribution is -2.50. The van der Waals surface area contributed by atoms with Gasteiger partial charge in [-0.05, 0) is 45.2 Å². The topological polar surface area (TPSA) is 32.3 Å². The van der Waals surface area contributed by atoms with Gasteiger partial charge in [0.25, 0.3) is 0 Å². The van der Waals surface area contributed by atoms with Gasteiger partial charge in [0.2, 0.25) is 0 Å². The van der Waals surface area contributed by atoms with Gasteiger partial charge in [0.05, 0.1) is 6.04 Å². The lowest BCUT2D eigenvalue weighted by molar-refractivity contribution is 0.166. The quantitative estimate of drug-likeness (QED) is 0.749. The van der Waals surface area contributed by atoms with Crippen molar-refractivity contribution in [3.63, 3.8) is 0 Å². The van der Waals surface area contributed by atoms with Gasteiger partial charge in [-0.25, -0.2) is 4.79 Å². The maximum Gasteiger partial charge on any atom is 0.318 e. The third-order valence-corrected chi connectivity index (χ3v) is 3.34. The molecule has 1 aromatic rings. The monoisotopic (exact) mass is 246 g/mol. The average Bonchev–Trinajstić information content (AvgIpc) is 2.27. The highest BCUT2D eigenvalue weighted by atomic mass is 16.2. The number of benzene rings is 1. The van der Waals surface area contributed by atoms with Crippen LogP contribution in [0.2, 0.25) is 0 Å². The van der Waals surface area contributed by atoms with Crippen molar-refractivity contribution in [3.8, 4) is 0 Å². The standard InChI is InChI=1S/C15H22N2O/c1-11-13-8-6-5-7-12(13)9-10-17(11)14(18)16-15(2,3)4/h5-8,11H,9-10H2,1-4H3,(H,16,18). The summed E-state index contributed by atoms with van der Waals surface area (Å²) >= 11 is 0. The zero-order valence-electron chi connectivity index (χ0n) is 11.7. The van der Waals surface area contributed by atoms with Crippen LogP contribution in [-0.4, -0.2) is 23.0 Å². The summed E-state index contributed by atoms with van der Waals surface area (Å²) in [6.07, 6.45) is 0.943. The Morgan fingerprint density at radius 3 is 2.67 bits per heavy atom. The van der Waals surface area contributed by atoms with E-state index in [0.29, 0.717) is 0 Å². The number of hydrogen-bond donors (Lipinski definition) is 1. The Morgan fingerprint density at radius 1 is 1.33 bits per heavy atom. The first-order valence-corrected chi connectivity index (χ1v) is 6.55. The van der Waals surface area contributed by atoms with Crippen molar-refractivity contribution in [3.05, 3.63) is 35.4 Å². The van der Waals surface area contributed by atoms with Crippen LogP contribution in [0.15, 0.2) is 24.3 Å². The first kappa shape index (κ1) is 12.9. The molecule has 0 aromatic heterocycles. The van der Waals surface area contributed by atoms with E-state index in [1.54, 1.807) is 0 Å². The summed E-state index contributed by atoms with van der Waals surface area (Å²) in [6, 6.07) is 8.57. The van der Waals surface area contributed by atoms with Gasteiger partial charge in [-0.1, -0.05) is 24.3 Å². The van der Waals surface area contributed by atoms with Gasteiger partial charge in [0.1, 0.15) is 0 Å². The van der Waals surface area contributed by atoms with Crippen LogP contribution in [0.25, 0.3) is 0 Å². The Bertz CT molecular complexity index is 448. The van der Waals surface area contributed by atoms with E-state index in [4.69, 9.17) is 0 Å². The van der Waals surface area contributed by atoms with Crippen molar-refractivity contribution in [1.82, 2.24) is 10.2 Å². The molecule has 0 saturated carbocycles. The molecule has 18 heavy (non-hydrogen) atoms. The van der Waals surface area contributed by atoms with Gasteiger partial charge in [0.15, 0.2) is 0 Å². The lowest BCUT2D eigenvalue weighted by atomic mass is 9.94. The first-order chi connectivity index (χ1) is 8.38. The molecule has 1 atom stereocenters. The number of amides is 2. The van der Waals surface area contributed by atoms with Crippen LogP contribution in [0.1, 0.15) is 44.9 Å². The largest absolute Gasteiger partial charge is 0.333 e. The Balaban J connectivity index is 2.17. The maximum atomic E-state index is 12.2. The average molecular weight is 246 g/mol. The molecule has 1 heterocycles. The van der Waals surface area contributed by atoms with E-state index in [1.807, 2.05) is 31.7 Å². The zero-order valence-corrected chi connectivity index (χ0v) is 11.7. The Labute approximate surface area is 109 Å². The van der Waals surface area contributed by atoms with E-state index in [-0.39, 0.29) is 17.6 Å². The summed E-state index contributed by atoms with van der Waals surface area (Å²) < 4.78 is 0. The molecule has 1 aromatic carbocycles. The molecule has 0 saturated heterocycles. The fourth-order valence-electron chi connectivity index (χ4n) is 2.44. The highest BCUT2D eigenvalue weighted by Crippen LogP contribution is 2.29. The smallest absolute Gasteiger partial charge is 0.318 e. The number of nitrogens with zero attached hydrogens (tertiary/aromatic N) is 1. The number of urea groups is 1. The van der Waals surface area contributed by atoms with E-state index in [2.05, 4.69) is 30.4 Å². The van der Waals surface area contributed by atoms with Crippen molar-refractivity contribution in [2.24, 2.45) is 0 Å². The van der Waals surface area contributed by atoms with Gasteiger partial charge in [-0.15, -0.1) is 0 Å². The number of hydrogen-bond acceptors (Lipinski definition) is 1. The van der Waals surface area contributed by atoms with Crippen LogP contribution in [0, 0.1) is 0 Å². The van der Waals surface area contributed by atoms with Gasteiger partial charge in [-0.3, -0.25) is 0 Å². The van der Waals surface area contributed by atoms with Crippen LogP contribution < -0.4 is 5.32 Å². The third kappa shape index (κ3) is 2.66. The summed E-state index contributed by atoms with van der Waals surface area (Å²) in [4.78, 5) is 14.2. The molecule has 1 aliphatic heterocycles. The fraction of sp³-hybridized carbons (Fsp3) is 0.533. The second-order valence-electron chi connectivity index (χ2n) is 6.00. The van der Waals surface area contributed by atoms with E-state index >= 15 is 0 Å². The minimum atomic E-state index is -0.187. The molecular weight excluding hydrogens is 224 g/mol. The highest BCUT2D eigenvalue weighted by Gasteiger charge is 2.28. The molecule has 1 unspecified atom stereocenters. The molecule has 0 aliphatic carbocycles. The lowest BCUT2D eigenvalue weighted by Gasteiger charge is -2.37. The number of rotatable bonds is 0. The van der Waals surface area contributed by atoms with Crippen LogP contribution >= 0.6 is 0 Å². The number of carbonyl (C=O) groups excluding carboxylic acids is 1. The van der Waals surface area contributed by atoms with Gasteiger partial charge in [0, 0.05) is 12.1 Å². The fourth-order valence-corrected chi connectivity index (χ4v) is 2.44. The normalized spacial score (nSPS) is 19.3. The minimum Gasteiger partial charge on any atom is -0.333 e. The molecule has 3 heteroatoms. The van der Waals surface area contributed by atoms with Crippen molar-refractivity contribution < 1.29 is 4.79 Å². The predicted octanol–water partition coefficient (Wildman–Crippen LogP) is 3.11. The summed E-state index contributed by atoms with van der Waals surface area (Å²) in [5, 5.41) is 3.04. The Kier molecular flexibility index (Phi) is 3.33. The Morgan fingerprint density at radius 2 is 2.00 bits per heavy atom. The van der Waals surface area contributed by atoms with Crippen molar-refractivity contribution >= 4 is 6.03 Å². The van der Waals surface area contributed by atoms with E-state index < -0.39 is 0 Å². The van der Waals surface area contributed by atoms with Crippen LogP contribution in [0.5, 0.6) is 0 Å². The van der Waals surface area contributed by atoms with Crippen molar-refractivity contribution in [1.29, 1.82) is 0 Å². The van der Waals surface area contributed by atoms with Gasteiger partial charge in [-0.2, -0.15) is 0 Å². The summed E-state index contributed by atoms with van der Waals surface area (Å²) in [5.74, 6) is 0. The second-order valence-corrected chi connectivity index (χ2v) is 6.00. The molecule has 0 bridgehead atoms. The molecule has 1 N–H and O–H groups in total. The zero-order chi connectivity index (χ0) is 13.3. The van der Waals surface area contributed by atoms with Crippen LogP contribution in [-0.2, 0) is 6.42 Å². The molecule has 2 rings (SSSR count). The number of fused-ring (bicyclic) bond motifs is 1. The molecule has 0 radical (unpaired) electrons. The summed E-state index contributed by atoms with van der Waals surface area (Å²) in [6.45, 7) is 8.91. The maximum absolute atomic E-state index is 12.2. The Hall–Kier alpha value is -1.51. The molecule has 1 aliphatic rings. The van der Waals surface area contributed by atoms with E-state index in [0.717, 1.165) is 13.0 Å². The number of carbonyl (C=O) groups is 1. The van der Waals surface area contributed by atoms with E-state index in [9.17, 15) is 4.79 Å². The van der Waals surface area contributed by atoms with Crippen molar-refractivity contribution in [2.75, 3.05) is 6.54 Å². The summed E-state index contributed by atoms with van der Waals surface area (Å²) in [7, 11) is 0. The molecule has 2 amide bonds. The van der Waals surface area contributed by atoms with Crippen molar-refractivity contribution in [2.45, 2.75) is 45.7 Å². The second kappa shape index (κ2) is 4.63. The van der Waals surface area contributed by atoms with Crippen LogP contribution in [0.4, 0.5) is 4.79 Å². The summed E-state index contributed by atoms with van der Waals surface area (Å²) in [5.41, 5.74) is 2.45. The third-order valence-electron chi connectivity index (χ3n) is 3.34. The predicted molar refractivity (Wildman–Crippen MR) is 73.6 cm³/mol. The highest BCUT2D eigenvalue weighted by molar-refractivity contribution is 5.76. The minimum absolute atomic E-state index is 0.0319. The number of nitrogens with one attached hydrogen (secondary N) is 1. The first-order valence-electron chi connectivity index (χ1n) is 6.55.